The monoisotopic (exact) mass is 367 g/mol. The summed E-state index contributed by atoms with van der Waals surface area (Å²) in [5.74, 6) is -0.236. The summed E-state index contributed by atoms with van der Waals surface area (Å²) < 4.78 is 17.4. The zero-order valence-electron chi connectivity index (χ0n) is 14.8. The van der Waals surface area contributed by atoms with E-state index in [4.69, 9.17) is 13.6 Å². The lowest BCUT2D eigenvalue weighted by molar-refractivity contribution is -0.125. The minimum atomic E-state index is -0.799. The Morgan fingerprint density at radius 2 is 2.07 bits per heavy atom. The van der Waals surface area contributed by atoms with Crippen LogP contribution in [0.3, 0.4) is 0 Å². The number of hydrogen-bond donors (Lipinski definition) is 1. The van der Waals surface area contributed by atoms with Crippen LogP contribution in [0.1, 0.15) is 40.4 Å². The maximum absolute atomic E-state index is 12.4. The van der Waals surface area contributed by atoms with Crippen LogP contribution in [0.2, 0.25) is 0 Å². The third-order valence-electron chi connectivity index (χ3n) is 3.90. The van der Waals surface area contributed by atoms with E-state index in [-0.39, 0.29) is 28.8 Å². The van der Waals surface area contributed by atoms with Crippen molar-refractivity contribution < 1.29 is 23.2 Å². The molecule has 27 heavy (non-hydrogen) atoms. The summed E-state index contributed by atoms with van der Waals surface area (Å²) in [5.41, 5.74) is 0.0612. The normalized spacial score (nSPS) is 11.6. The number of amides is 1. The average molecular weight is 367 g/mol. The van der Waals surface area contributed by atoms with Crippen LogP contribution in [-0.4, -0.2) is 23.1 Å². The van der Waals surface area contributed by atoms with Crippen LogP contribution in [-0.2, 0) is 9.53 Å². The molecule has 0 saturated heterocycles. The number of nitrogens with zero attached hydrogens (tertiary/aromatic N) is 2. The topological polar surface area (TPSA) is 110 Å². The van der Waals surface area contributed by atoms with Gasteiger partial charge in [-0.25, -0.2) is 4.79 Å². The van der Waals surface area contributed by atoms with E-state index in [1.807, 2.05) is 6.07 Å². The van der Waals surface area contributed by atoms with Crippen LogP contribution in [0.15, 0.2) is 51.8 Å². The van der Waals surface area contributed by atoms with Crippen LogP contribution >= 0.6 is 0 Å². The van der Waals surface area contributed by atoms with Crippen LogP contribution in [0, 0.1) is 18.3 Å². The van der Waals surface area contributed by atoms with Gasteiger partial charge in [0.2, 0.25) is 5.88 Å². The zero-order chi connectivity index (χ0) is 19.4. The number of nitriles is 1. The van der Waals surface area contributed by atoms with Crippen molar-refractivity contribution in [1.82, 2.24) is 9.88 Å². The van der Waals surface area contributed by atoms with Gasteiger partial charge in [-0.05, 0) is 38.1 Å². The molecule has 3 aromatic rings. The lowest BCUT2D eigenvalue weighted by atomic mass is 10.1. The predicted octanol–water partition coefficient (Wildman–Crippen LogP) is 2.88. The molecule has 0 unspecified atom stereocenters. The Bertz CT molecular complexity index is 978. The van der Waals surface area contributed by atoms with Gasteiger partial charge in [-0.15, -0.1) is 0 Å². The fourth-order valence-electron chi connectivity index (χ4n) is 2.63. The van der Waals surface area contributed by atoms with Gasteiger partial charge >= 0.3 is 5.97 Å². The van der Waals surface area contributed by atoms with Gasteiger partial charge in [0.1, 0.15) is 28.7 Å². The zero-order valence-corrected chi connectivity index (χ0v) is 14.8. The van der Waals surface area contributed by atoms with E-state index in [0.717, 1.165) is 0 Å². The SMILES string of the molecule is Cc1oc(-n2cccc2)c(C#N)c1C(=O)OCC(=O)N[C@H](C)c1ccco1. The number of rotatable bonds is 6. The summed E-state index contributed by atoms with van der Waals surface area (Å²) >= 11 is 0. The molecule has 0 saturated carbocycles. The van der Waals surface area contributed by atoms with Gasteiger partial charge in [0.25, 0.3) is 5.91 Å². The summed E-state index contributed by atoms with van der Waals surface area (Å²) in [6.45, 7) is 2.82. The van der Waals surface area contributed by atoms with Crippen molar-refractivity contribution in [2.75, 3.05) is 6.61 Å². The molecule has 1 amide bonds. The first-order chi connectivity index (χ1) is 13.0. The fourth-order valence-corrected chi connectivity index (χ4v) is 2.63. The Morgan fingerprint density at radius 1 is 1.33 bits per heavy atom. The molecule has 0 aromatic carbocycles. The smallest absolute Gasteiger partial charge is 0.343 e. The molecule has 8 nitrogen and oxygen atoms in total. The molecule has 3 heterocycles. The average Bonchev–Trinajstić information content (AvgIpc) is 3.39. The van der Waals surface area contributed by atoms with E-state index in [1.54, 1.807) is 55.1 Å². The second-order valence-corrected chi connectivity index (χ2v) is 5.80. The van der Waals surface area contributed by atoms with Gasteiger partial charge in [-0.3, -0.25) is 9.36 Å². The second kappa shape index (κ2) is 7.66. The van der Waals surface area contributed by atoms with Gasteiger partial charge in [0.05, 0.1) is 12.3 Å². The van der Waals surface area contributed by atoms with Crippen LogP contribution in [0.5, 0.6) is 0 Å². The fraction of sp³-hybridized carbons (Fsp3) is 0.211. The third kappa shape index (κ3) is 3.77. The Kier molecular flexibility index (Phi) is 5.13. The van der Waals surface area contributed by atoms with Crippen LogP contribution in [0.4, 0.5) is 0 Å². The molecule has 0 aliphatic carbocycles. The van der Waals surface area contributed by atoms with Crippen molar-refractivity contribution in [2.24, 2.45) is 0 Å². The Labute approximate surface area is 154 Å². The minimum absolute atomic E-state index is 0.00748. The Morgan fingerprint density at radius 3 is 2.70 bits per heavy atom. The van der Waals surface area contributed by atoms with Crippen LogP contribution in [0.25, 0.3) is 5.88 Å². The van der Waals surface area contributed by atoms with Gasteiger partial charge in [-0.2, -0.15) is 5.26 Å². The second-order valence-electron chi connectivity index (χ2n) is 5.80. The quantitative estimate of drug-likeness (QED) is 0.671. The number of nitrogens with one attached hydrogen (secondary N) is 1. The number of furan rings is 2. The maximum Gasteiger partial charge on any atom is 0.343 e. The molecule has 3 rings (SSSR count). The summed E-state index contributed by atoms with van der Waals surface area (Å²) in [7, 11) is 0. The number of aromatic nitrogens is 1. The number of carbonyl (C=O) groups is 2. The lowest BCUT2D eigenvalue weighted by Gasteiger charge is -2.11. The van der Waals surface area contributed by atoms with Crippen molar-refractivity contribution >= 4 is 11.9 Å². The molecule has 3 aromatic heterocycles. The van der Waals surface area contributed by atoms with E-state index < -0.39 is 18.5 Å². The molecule has 0 bridgehead atoms. The summed E-state index contributed by atoms with van der Waals surface area (Å²) in [5, 5.41) is 12.1. The van der Waals surface area contributed by atoms with Crippen molar-refractivity contribution in [1.29, 1.82) is 5.26 Å². The Hall–Kier alpha value is -3.73. The first kappa shape index (κ1) is 18.1. The highest BCUT2D eigenvalue weighted by atomic mass is 16.5. The highest BCUT2D eigenvalue weighted by Gasteiger charge is 2.26. The van der Waals surface area contributed by atoms with E-state index in [1.165, 1.54) is 6.26 Å². The number of hydrogen-bond acceptors (Lipinski definition) is 6. The van der Waals surface area contributed by atoms with E-state index in [2.05, 4.69) is 5.32 Å². The van der Waals surface area contributed by atoms with Crippen molar-refractivity contribution in [3.8, 4) is 12.0 Å². The lowest BCUT2D eigenvalue weighted by Crippen LogP contribution is -2.31. The highest BCUT2D eigenvalue weighted by Crippen LogP contribution is 2.26. The van der Waals surface area contributed by atoms with E-state index in [0.29, 0.717) is 5.76 Å². The van der Waals surface area contributed by atoms with Crippen molar-refractivity contribution in [3.05, 3.63) is 65.6 Å². The molecular weight excluding hydrogens is 350 g/mol. The molecular formula is C19H17N3O5. The molecule has 1 N–H and O–H groups in total. The highest BCUT2D eigenvalue weighted by molar-refractivity contribution is 5.95. The van der Waals surface area contributed by atoms with Gasteiger partial charge in [0, 0.05) is 12.4 Å². The first-order valence-corrected chi connectivity index (χ1v) is 8.18. The minimum Gasteiger partial charge on any atom is -0.467 e. The standard InChI is InChI=1S/C19H17N3O5/c1-12(15-6-5-9-25-15)21-16(23)11-26-19(24)17-13(2)27-18(14(17)10-20)22-7-3-4-8-22/h3-9,12H,11H2,1-2H3,(H,21,23)/t12-/m1/s1. The van der Waals surface area contributed by atoms with Gasteiger partial charge in [-0.1, -0.05) is 0 Å². The predicted molar refractivity (Wildman–Crippen MR) is 93.0 cm³/mol. The Balaban J connectivity index is 1.68. The van der Waals surface area contributed by atoms with Crippen molar-refractivity contribution in [3.63, 3.8) is 0 Å². The number of ether oxygens (including phenoxy) is 1. The molecule has 0 radical (unpaired) electrons. The van der Waals surface area contributed by atoms with E-state index >= 15 is 0 Å². The molecule has 138 valence electrons. The number of aryl methyl sites for hydroxylation is 1. The maximum atomic E-state index is 12.4. The van der Waals surface area contributed by atoms with E-state index in [9.17, 15) is 14.9 Å². The van der Waals surface area contributed by atoms with Gasteiger partial charge < -0.3 is 18.9 Å². The molecule has 0 fully saturated rings. The van der Waals surface area contributed by atoms with Crippen molar-refractivity contribution in [2.45, 2.75) is 19.9 Å². The molecule has 0 aliphatic heterocycles. The molecule has 0 aliphatic rings. The summed E-state index contributed by atoms with van der Waals surface area (Å²) in [6.07, 6.45) is 4.89. The largest absolute Gasteiger partial charge is 0.467 e. The third-order valence-corrected chi connectivity index (χ3v) is 3.90. The summed E-state index contributed by atoms with van der Waals surface area (Å²) in [6, 6.07) is 8.57. The van der Waals surface area contributed by atoms with Gasteiger partial charge in [0.15, 0.2) is 6.61 Å². The molecule has 1 atom stereocenters. The van der Waals surface area contributed by atoms with Crippen LogP contribution < -0.4 is 5.32 Å². The number of esters is 1. The molecule has 0 spiro atoms. The number of carbonyl (C=O) groups excluding carboxylic acids is 2. The summed E-state index contributed by atoms with van der Waals surface area (Å²) in [4.78, 5) is 24.4. The molecule has 8 heteroatoms. The first-order valence-electron chi connectivity index (χ1n) is 8.18.